The monoisotopic (exact) mass is 330 g/mol. The highest BCUT2D eigenvalue weighted by molar-refractivity contribution is 6.68. The first-order valence-electron chi connectivity index (χ1n) is 5.78. The van der Waals surface area contributed by atoms with Gasteiger partial charge < -0.3 is 5.32 Å². The Morgan fingerprint density at radius 2 is 2.00 bits per heavy atom. The van der Waals surface area contributed by atoms with E-state index < -0.39 is 15.5 Å². The average molecular weight is 332 g/mol. The van der Waals surface area contributed by atoms with Crippen LogP contribution in [0, 0.1) is 6.92 Å². The molecular weight excluding hydrogens is 323 g/mol. The SMILES string of the molecule is Cc1nn2c(nc1=O)-c1ccccc1N[C@@H]2C(Cl)(Cl)Cl. The Labute approximate surface area is 129 Å². The molecule has 0 unspecified atom stereocenters. The fourth-order valence-electron chi connectivity index (χ4n) is 2.08. The van der Waals surface area contributed by atoms with Gasteiger partial charge in [-0.2, -0.15) is 10.1 Å². The van der Waals surface area contributed by atoms with Crippen LogP contribution in [-0.2, 0) is 0 Å². The van der Waals surface area contributed by atoms with E-state index in [9.17, 15) is 4.79 Å². The largest absolute Gasteiger partial charge is 0.360 e. The lowest BCUT2D eigenvalue weighted by Crippen LogP contribution is -2.38. The van der Waals surface area contributed by atoms with E-state index >= 15 is 0 Å². The standard InChI is InChI=1S/C12H9Cl3N4O/c1-6-10(20)17-9-7-4-2-3-5-8(7)16-11(12(13,14)15)19(9)18-6/h2-5,11,16H,1H3/t11-/m0/s1. The van der Waals surface area contributed by atoms with Crippen molar-refractivity contribution in [1.82, 2.24) is 14.8 Å². The molecule has 0 radical (unpaired) electrons. The summed E-state index contributed by atoms with van der Waals surface area (Å²) in [6, 6.07) is 7.34. The summed E-state index contributed by atoms with van der Waals surface area (Å²) in [6.07, 6.45) is -0.746. The molecule has 0 spiro atoms. The topological polar surface area (TPSA) is 59.8 Å². The molecule has 0 aliphatic carbocycles. The number of hydrogen-bond donors (Lipinski definition) is 1. The van der Waals surface area contributed by atoms with Gasteiger partial charge in [0.15, 0.2) is 12.0 Å². The van der Waals surface area contributed by atoms with E-state index in [1.807, 2.05) is 24.3 Å². The summed E-state index contributed by atoms with van der Waals surface area (Å²) in [5.74, 6) is 0.381. The number of fused-ring (bicyclic) bond motifs is 3. The van der Waals surface area contributed by atoms with E-state index in [0.29, 0.717) is 5.82 Å². The molecule has 20 heavy (non-hydrogen) atoms. The van der Waals surface area contributed by atoms with Crippen LogP contribution in [0.25, 0.3) is 11.4 Å². The summed E-state index contributed by atoms with van der Waals surface area (Å²) >= 11 is 18.0. The quantitative estimate of drug-likeness (QED) is 0.754. The lowest BCUT2D eigenvalue weighted by Gasteiger charge is -2.33. The van der Waals surface area contributed by atoms with Gasteiger partial charge in [-0.1, -0.05) is 46.9 Å². The fourth-order valence-corrected chi connectivity index (χ4v) is 2.52. The number of alkyl halides is 3. The molecule has 2 aromatic rings. The molecule has 104 valence electrons. The number of halogens is 3. The van der Waals surface area contributed by atoms with E-state index in [1.165, 1.54) is 4.68 Å². The van der Waals surface area contributed by atoms with Crippen molar-refractivity contribution < 1.29 is 0 Å². The molecule has 1 aromatic heterocycles. The van der Waals surface area contributed by atoms with Crippen LogP contribution in [0.4, 0.5) is 5.69 Å². The smallest absolute Gasteiger partial charge is 0.294 e. The van der Waals surface area contributed by atoms with Crippen LogP contribution in [0.15, 0.2) is 29.1 Å². The van der Waals surface area contributed by atoms with Gasteiger partial charge in [0.05, 0.1) is 0 Å². The molecule has 0 saturated heterocycles. The first-order valence-corrected chi connectivity index (χ1v) is 6.91. The van der Waals surface area contributed by atoms with Crippen LogP contribution in [0.1, 0.15) is 11.9 Å². The minimum atomic E-state index is -1.64. The summed E-state index contributed by atoms with van der Waals surface area (Å²) < 4.78 is -0.204. The number of hydrogen-bond acceptors (Lipinski definition) is 4. The molecule has 1 N–H and O–H groups in total. The molecule has 3 rings (SSSR count). The van der Waals surface area contributed by atoms with Gasteiger partial charge in [-0.3, -0.25) is 4.79 Å². The lowest BCUT2D eigenvalue weighted by atomic mass is 10.1. The maximum absolute atomic E-state index is 11.8. The molecule has 5 nitrogen and oxygen atoms in total. The normalized spacial score (nSPS) is 17.1. The minimum Gasteiger partial charge on any atom is -0.360 e. The van der Waals surface area contributed by atoms with Crippen molar-refractivity contribution in [3.63, 3.8) is 0 Å². The maximum Gasteiger partial charge on any atom is 0.294 e. The zero-order valence-electron chi connectivity index (χ0n) is 10.3. The van der Waals surface area contributed by atoms with Crippen molar-refractivity contribution >= 4 is 40.5 Å². The van der Waals surface area contributed by atoms with Crippen LogP contribution in [0.2, 0.25) is 0 Å². The van der Waals surface area contributed by atoms with Gasteiger partial charge in [0.2, 0.25) is 3.79 Å². The average Bonchev–Trinajstić information content (AvgIpc) is 2.38. The van der Waals surface area contributed by atoms with Crippen LogP contribution in [0.5, 0.6) is 0 Å². The van der Waals surface area contributed by atoms with Crippen molar-refractivity contribution in [2.45, 2.75) is 16.9 Å². The molecule has 0 fully saturated rings. The third-order valence-corrected chi connectivity index (χ3v) is 3.63. The van der Waals surface area contributed by atoms with Crippen molar-refractivity contribution in [3.05, 3.63) is 40.3 Å². The molecule has 1 aromatic carbocycles. The molecule has 0 saturated carbocycles. The summed E-state index contributed by atoms with van der Waals surface area (Å²) in [5, 5.41) is 7.29. The summed E-state index contributed by atoms with van der Waals surface area (Å²) in [6.45, 7) is 1.57. The number of anilines is 1. The van der Waals surface area contributed by atoms with Crippen LogP contribution < -0.4 is 10.9 Å². The highest BCUT2D eigenvalue weighted by atomic mass is 35.6. The van der Waals surface area contributed by atoms with Crippen LogP contribution in [-0.4, -0.2) is 18.6 Å². The molecule has 1 aliphatic rings. The molecular formula is C12H9Cl3N4O. The number of nitrogens with one attached hydrogen (secondary N) is 1. The Morgan fingerprint density at radius 3 is 2.70 bits per heavy atom. The van der Waals surface area contributed by atoms with Crippen molar-refractivity contribution in [2.24, 2.45) is 0 Å². The zero-order chi connectivity index (χ0) is 14.5. The molecule has 0 amide bonds. The van der Waals surface area contributed by atoms with E-state index in [-0.39, 0.29) is 5.69 Å². The minimum absolute atomic E-state index is 0.245. The molecule has 1 atom stereocenters. The highest BCUT2D eigenvalue weighted by Crippen LogP contribution is 2.44. The van der Waals surface area contributed by atoms with E-state index in [1.54, 1.807) is 6.92 Å². The van der Waals surface area contributed by atoms with Crippen LogP contribution in [0.3, 0.4) is 0 Å². The zero-order valence-corrected chi connectivity index (χ0v) is 12.5. The van der Waals surface area contributed by atoms with Gasteiger partial charge in [0, 0.05) is 11.3 Å². The third kappa shape index (κ3) is 2.16. The Hall–Kier alpha value is -1.30. The third-order valence-electron chi connectivity index (χ3n) is 3.01. The predicted octanol–water partition coefficient (Wildman–Crippen LogP) is 2.91. The lowest BCUT2D eigenvalue weighted by molar-refractivity contribution is 0.483. The van der Waals surface area contributed by atoms with E-state index in [4.69, 9.17) is 34.8 Å². The second-order valence-corrected chi connectivity index (χ2v) is 6.77. The van der Waals surface area contributed by atoms with Crippen molar-refractivity contribution in [1.29, 1.82) is 0 Å². The Morgan fingerprint density at radius 1 is 1.30 bits per heavy atom. The second kappa shape index (κ2) is 4.62. The molecule has 8 heteroatoms. The Balaban J connectivity index is 2.32. The van der Waals surface area contributed by atoms with Gasteiger partial charge in [-0.25, -0.2) is 4.68 Å². The van der Waals surface area contributed by atoms with E-state index in [0.717, 1.165) is 11.3 Å². The van der Waals surface area contributed by atoms with Crippen molar-refractivity contribution in [2.75, 3.05) is 5.32 Å². The first kappa shape index (κ1) is 13.7. The number of rotatable bonds is 0. The fraction of sp³-hybridized carbons (Fsp3) is 0.250. The molecule has 2 heterocycles. The summed E-state index contributed by atoms with van der Waals surface area (Å²) in [7, 11) is 0. The van der Waals surface area contributed by atoms with Gasteiger partial charge in [0.1, 0.15) is 5.69 Å². The van der Waals surface area contributed by atoms with Crippen molar-refractivity contribution in [3.8, 4) is 11.4 Å². The van der Waals surface area contributed by atoms with Gasteiger partial charge in [0.25, 0.3) is 5.56 Å². The second-order valence-electron chi connectivity index (χ2n) is 4.40. The van der Waals surface area contributed by atoms with Gasteiger partial charge >= 0.3 is 0 Å². The maximum atomic E-state index is 11.8. The number of aromatic nitrogens is 3. The summed E-state index contributed by atoms with van der Waals surface area (Å²) in [5.41, 5.74) is 1.33. The van der Waals surface area contributed by atoms with Gasteiger partial charge in [-0.15, -0.1) is 0 Å². The number of aryl methyl sites for hydroxylation is 1. The Kier molecular flexibility index (Phi) is 3.16. The number of para-hydroxylation sites is 1. The number of nitrogens with zero attached hydrogens (tertiary/aromatic N) is 3. The molecule has 0 bridgehead atoms. The molecule has 1 aliphatic heterocycles. The summed E-state index contributed by atoms with van der Waals surface area (Å²) in [4.78, 5) is 15.8. The highest BCUT2D eigenvalue weighted by Gasteiger charge is 2.39. The first-order chi connectivity index (χ1) is 9.38. The van der Waals surface area contributed by atoms with Crippen LogP contribution >= 0.6 is 34.8 Å². The van der Waals surface area contributed by atoms with Gasteiger partial charge in [-0.05, 0) is 19.1 Å². The number of benzene rings is 1. The van der Waals surface area contributed by atoms with E-state index in [2.05, 4.69) is 15.4 Å². The predicted molar refractivity (Wildman–Crippen MR) is 79.4 cm³/mol. The Bertz CT molecular complexity index is 738.